The molecule has 0 spiro atoms. The minimum Gasteiger partial charge on any atom is -0.360 e. The van der Waals surface area contributed by atoms with Crippen molar-refractivity contribution in [3.8, 4) is 0 Å². The molecule has 0 N–H and O–H groups in total. The molecule has 0 bridgehead atoms. The van der Waals surface area contributed by atoms with Gasteiger partial charge in [0.15, 0.2) is 5.69 Å². The van der Waals surface area contributed by atoms with Crippen LogP contribution in [0.5, 0.6) is 0 Å². The van der Waals surface area contributed by atoms with Gasteiger partial charge in [0.25, 0.3) is 5.91 Å². The van der Waals surface area contributed by atoms with Gasteiger partial charge in [0.1, 0.15) is 5.76 Å². The maximum atomic E-state index is 12.5. The van der Waals surface area contributed by atoms with Gasteiger partial charge in [-0.1, -0.05) is 5.16 Å². The number of piperazine rings is 1. The van der Waals surface area contributed by atoms with E-state index in [9.17, 15) is 9.59 Å². The second kappa shape index (κ2) is 7.34. The number of carbonyl (C=O) groups is 2. The van der Waals surface area contributed by atoms with Crippen molar-refractivity contribution in [3.05, 3.63) is 17.5 Å². The Morgan fingerprint density at radius 1 is 1.21 bits per heavy atom. The van der Waals surface area contributed by atoms with E-state index in [2.05, 4.69) is 10.1 Å². The third-order valence-corrected chi connectivity index (χ3v) is 4.86. The molecule has 7 heteroatoms. The molecule has 1 saturated heterocycles. The lowest BCUT2D eigenvalue weighted by Crippen LogP contribution is -2.51. The van der Waals surface area contributed by atoms with Gasteiger partial charge in [-0.15, -0.1) is 0 Å². The van der Waals surface area contributed by atoms with Crippen molar-refractivity contribution in [2.24, 2.45) is 0 Å². The summed E-state index contributed by atoms with van der Waals surface area (Å²) in [7, 11) is 0. The van der Waals surface area contributed by atoms with Gasteiger partial charge in [-0.25, -0.2) is 0 Å². The summed E-state index contributed by atoms with van der Waals surface area (Å²) in [6.45, 7) is 8.56. The maximum absolute atomic E-state index is 12.5. The van der Waals surface area contributed by atoms with E-state index in [0.29, 0.717) is 44.3 Å². The summed E-state index contributed by atoms with van der Waals surface area (Å²) in [5.74, 6) is 1.38. The van der Waals surface area contributed by atoms with Crippen molar-refractivity contribution < 1.29 is 14.1 Å². The largest absolute Gasteiger partial charge is 0.360 e. The highest BCUT2D eigenvalue weighted by Crippen LogP contribution is 2.40. The van der Waals surface area contributed by atoms with Crippen LogP contribution < -0.4 is 0 Å². The number of likely N-dealkylation sites (N-methyl/N-ethyl adjacent to an activating group) is 1. The topological polar surface area (TPSA) is 69.9 Å². The molecule has 1 aliphatic heterocycles. The normalized spacial score (nSPS) is 18.7. The molecule has 7 nitrogen and oxygen atoms in total. The summed E-state index contributed by atoms with van der Waals surface area (Å²) in [6, 6.07) is 1.79. The van der Waals surface area contributed by atoms with E-state index in [-0.39, 0.29) is 11.8 Å². The van der Waals surface area contributed by atoms with E-state index in [1.807, 2.05) is 18.7 Å². The molecule has 0 atom stereocenters. The first-order valence-corrected chi connectivity index (χ1v) is 8.88. The second-order valence-corrected chi connectivity index (χ2v) is 6.52. The van der Waals surface area contributed by atoms with Crippen LogP contribution in [0.15, 0.2) is 10.6 Å². The standard InChI is InChI=1S/C17H26N4O3/c1-3-20(4-2)16(22)12-19-7-9-21(10-8-19)17(23)14-11-15(24-18-14)13-5-6-13/h11,13H,3-10,12H2,1-2H3. The van der Waals surface area contributed by atoms with E-state index in [1.54, 1.807) is 11.0 Å². The van der Waals surface area contributed by atoms with Crippen LogP contribution in [0.1, 0.15) is 48.9 Å². The fourth-order valence-corrected chi connectivity index (χ4v) is 3.09. The van der Waals surface area contributed by atoms with Crippen LogP contribution in [0, 0.1) is 0 Å². The Morgan fingerprint density at radius 2 is 1.88 bits per heavy atom. The second-order valence-electron chi connectivity index (χ2n) is 6.52. The monoisotopic (exact) mass is 334 g/mol. The van der Waals surface area contributed by atoms with Gasteiger partial charge >= 0.3 is 0 Å². The van der Waals surface area contributed by atoms with E-state index in [0.717, 1.165) is 31.7 Å². The van der Waals surface area contributed by atoms with Gasteiger partial charge in [0.05, 0.1) is 6.54 Å². The molecule has 2 heterocycles. The minimum absolute atomic E-state index is 0.0691. The lowest BCUT2D eigenvalue weighted by atomic mass is 10.2. The Labute approximate surface area is 142 Å². The van der Waals surface area contributed by atoms with Crippen LogP contribution in [0.25, 0.3) is 0 Å². The van der Waals surface area contributed by atoms with Crippen LogP contribution >= 0.6 is 0 Å². The lowest BCUT2D eigenvalue weighted by molar-refractivity contribution is -0.132. The summed E-state index contributed by atoms with van der Waals surface area (Å²) >= 11 is 0. The zero-order valence-electron chi connectivity index (χ0n) is 14.5. The number of amides is 2. The van der Waals surface area contributed by atoms with Crippen LogP contribution in [0.4, 0.5) is 0 Å². The highest BCUT2D eigenvalue weighted by molar-refractivity contribution is 5.92. The van der Waals surface area contributed by atoms with Crippen LogP contribution in [0.2, 0.25) is 0 Å². The van der Waals surface area contributed by atoms with Crippen molar-refractivity contribution in [2.45, 2.75) is 32.6 Å². The van der Waals surface area contributed by atoms with E-state index in [4.69, 9.17) is 4.52 Å². The van der Waals surface area contributed by atoms with Crippen LogP contribution in [0.3, 0.4) is 0 Å². The molecule has 1 aromatic rings. The third-order valence-electron chi connectivity index (χ3n) is 4.86. The SMILES string of the molecule is CCN(CC)C(=O)CN1CCN(C(=O)c2cc(C3CC3)on2)CC1. The molecule has 0 radical (unpaired) electrons. The van der Waals surface area contributed by atoms with Gasteiger partial charge in [0, 0.05) is 51.3 Å². The zero-order valence-corrected chi connectivity index (χ0v) is 14.5. The third kappa shape index (κ3) is 3.77. The summed E-state index contributed by atoms with van der Waals surface area (Å²) in [6.07, 6.45) is 2.25. The van der Waals surface area contributed by atoms with E-state index < -0.39 is 0 Å². The van der Waals surface area contributed by atoms with Crippen molar-refractivity contribution in [1.29, 1.82) is 0 Å². The molecule has 2 aliphatic rings. The average molecular weight is 334 g/mol. The van der Waals surface area contributed by atoms with Gasteiger partial charge < -0.3 is 14.3 Å². The predicted molar refractivity (Wildman–Crippen MR) is 88.7 cm³/mol. The molecule has 1 aliphatic carbocycles. The molecular formula is C17H26N4O3. The zero-order chi connectivity index (χ0) is 17.1. The van der Waals surface area contributed by atoms with E-state index >= 15 is 0 Å². The summed E-state index contributed by atoms with van der Waals surface area (Å²) in [4.78, 5) is 30.4. The van der Waals surface area contributed by atoms with Crippen molar-refractivity contribution >= 4 is 11.8 Å². The van der Waals surface area contributed by atoms with Gasteiger partial charge in [0.2, 0.25) is 5.91 Å². The van der Waals surface area contributed by atoms with Crippen molar-refractivity contribution in [2.75, 3.05) is 45.8 Å². The highest BCUT2D eigenvalue weighted by Gasteiger charge is 2.31. The summed E-state index contributed by atoms with van der Waals surface area (Å²) in [5, 5.41) is 3.92. The molecule has 3 rings (SSSR count). The predicted octanol–water partition coefficient (Wildman–Crippen LogP) is 1.18. The van der Waals surface area contributed by atoms with Gasteiger partial charge in [-0.3, -0.25) is 14.5 Å². The van der Waals surface area contributed by atoms with Crippen molar-refractivity contribution in [1.82, 2.24) is 19.9 Å². The van der Waals surface area contributed by atoms with Gasteiger partial charge in [-0.05, 0) is 26.7 Å². The average Bonchev–Trinajstić information content (AvgIpc) is 3.33. The maximum Gasteiger partial charge on any atom is 0.276 e. The number of nitrogens with zero attached hydrogens (tertiary/aromatic N) is 4. The van der Waals surface area contributed by atoms with Crippen molar-refractivity contribution in [3.63, 3.8) is 0 Å². The fourth-order valence-electron chi connectivity index (χ4n) is 3.09. The molecule has 1 saturated carbocycles. The Hall–Kier alpha value is -1.89. The fraction of sp³-hybridized carbons (Fsp3) is 0.706. The molecule has 24 heavy (non-hydrogen) atoms. The summed E-state index contributed by atoms with van der Waals surface area (Å²) in [5.41, 5.74) is 0.407. The first kappa shape index (κ1) is 17.0. The number of carbonyl (C=O) groups excluding carboxylic acids is 2. The Morgan fingerprint density at radius 3 is 2.46 bits per heavy atom. The molecule has 132 valence electrons. The molecule has 2 fully saturated rings. The Bertz CT molecular complexity index is 584. The quantitative estimate of drug-likeness (QED) is 0.781. The highest BCUT2D eigenvalue weighted by atomic mass is 16.5. The summed E-state index contributed by atoms with van der Waals surface area (Å²) < 4.78 is 5.27. The van der Waals surface area contributed by atoms with Gasteiger partial charge in [-0.2, -0.15) is 0 Å². The number of hydrogen-bond donors (Lipinski definition) is 0. The minimum atomic E-state index is -0.0691. The smallest absolute Gasteiger partial charge is 0.276 e. The molecular weight excluding hydrogens is 308 g/mol. The first-order chi connectivity index (χ1) is 11.6. The molecule has 1 aromatic heterocycles. The molecule has 0 aromatic carbocycles. The Balaban J connectivity index is 1.49. The molecule has 0 unspecified atom stereocenters. The Kier molecular flexibility index (Phi) is 5.18. The number of rotatable bonds is 6. The number of hydrogen-bond acceptors (Lipinski definition) is 5. The molecule has 2 amide bonds. The first-order valence-electron chi connectivity index (χ1n) is 8.88. The lowest BCUT2D eigenvalue weighted by Gasteiger charge is -2.34. The number of aromatic nitrogens is 1. The van der Waals surface area contributed by atoms with Crippen LogP contribution in [-0.2, 0) is 4.79 Å². The van der Waals surface area contributed by atoms with Crippen LogP contribution in [-0.4, -0.2) is 77.5 Å². The van der Waals surface area contributed by atoms with E-state index in [1.165, 1.54) is 0 Å².